The Kier molecular flexibility index (Phi) is 8.32. The monoisotopic (exact) mass is 487 g/mol. The van der Waals surface area contributed by atoms with Gasteiger partial charge in [0.1, 0.15) is 6.33 Å². The van der Waals surface area contributed by atoms with Crippen molar-refractivity contribution in [3.63, 3.8) is 0 Å². The Balaban J connectivity index is 0.00000341. The number of benzene rings is 1. The molecular formula is C19H23ClFN5O3S2. The molecule has 168 valence electrons. The van der Waals surface area contributed by atoms with Crippen molar-refractivity contribution in [2.45, 2.75) is 18.0 Å². The summed E-state index contributed by atoms with van der Waals surface area (Å²) in [5.74, 6) is 0. The minimum atomic E-state index is -3.47. The third-order valence-electron chi connectivity index (χ3n) is 4.47. The standard InChI is InChI=1S/C19H22FN5O3S2.ClH/c1-23(2)30(27,28)17-6-3-15(4-7-17)18-8-5-16(29-18)12-24-13-22-25(19(24)26)11-14(9-20)10-21;/h3-9,13H,10-12,21H2,1-2H3;1H/b14-9+;. The Morgan fingerprint density at radius 3 is 2.48 bits per heavy atom. The Morgan fingerprint density at radius 2 is 1.90 bits per heavy atom. The molecule has 0 aliphatic heterocycles. The summed E-state index contributed by atoms with van der Waals surface area (Å²) in [6, 6.07) is 10.5. The molecule has 8 nitrogen and oxygen atoms in total. The van der Waals surface area contributed by atoms with Crippen LogP contribution in [-0.2, 0) is 23.1 Å². The van der Waals surface area contributed by atoms with Gasteiger partial charge >= 0.3 is 5.69 Å². The largest absolute Gasteiger partial charge is 0.346 e. The highest BCUT2D eigenvalue weighted by Crippen LogP contribution is 2.29. The zero-order valence-electron chi connectivity index (χ0n) is 16.9. The Bertz CT molecular complexity index is 1210. The van der Waals surface area contributed by atoms with Crippen LogP contribution in [0.15, 0.2) is 64.3 Å². The molecule has 0 saturated carbocycles. The fourth-order valence-electron chi connectivity index (χ4n) is 2.71. The Morgan fingerprint density at radius 1 is 1.23 bits per heavy atom. The second-order valence-electron chi connectivity index (χ2n) is 6.75. The zero-order chi connectivity index (χ0) is 21.9. The summed E-state index contributed by atoms with van der Waals surface area (Å²) in [5.41, 5.74) is 6.23. The van der Waals surface area contributed by atoms with Gasteiger partial charge in [-0.25, -0.2) is 26.6 Å². The van der Waals surface area contributed by atoms with Crippen LogP contribution in [0.3, 0.4) is 0 Å². The topological polar surface area (TPSA) is 103 Å². The van der Waals surface area contributed by atoms with Crippen LogP contribution >= 0.6 is 23.7 Å². The van der Waals surface area contributed by atoms with Gasteiger partial charge in [-0.2, -0.15) is 5.10 Å². The van der Waals surface area contributed by atoms with Gasteiger partial charge in [0.2, 0.25) is 10.0 Å². The maximum Gasteiger partial charge on any atom is 0.346 e. The van der Waals surface area contributed by atoms with Crippen molar-refractivity contribution in [3.8, 4) is 10.4 Å². The predicted octanol–water partition coefficient (Wildman–Crippen LogP) is 2.31. The van der Waals surface area contributed by atoms with Gasteiger partial charge in [-0.15, -0.1) is 23.7 Å². The van der Waals surface area contributed by atoms with Crippen molar-refractivity contribution >= 4 is 33.8 Å². The van der Waals surface area contributed by atoms with Gasteiger partial charge in [0.15, 0.2) is 0 Å². The second kappa shape index (κ2) is 10.3. The average molecular weight is 488 g/mol. The van der Waals surface area contributed by atoms with Gasteiger partial charge in [-0.1, -0.05) is 12.1 Å². The third-order valence-corrected chi connectivity index (χ3v) is 7.42. The molecule has 3 rings (SSSR count). The lowest BCUT2D eigenvalue weighted by Crippen LogP contribution is -2.26. The summed E-state index contributed by atoms with van der Waals surface area (Å²) in [7, 11) is -0.493. The van der Waals surface area contributed by atoms with E-state index in [1.807, 2.05) is 12.1 Å². The van der Waals surface area contributed by atoms with Gasteiger partial charge in [0.25, 0.3) is 0 Å². The molecule has 0 saturated heterocycles. The molecule has 0 fully saturated rings. The lowest BCUT2D eigenvalue weighted by atomic mass is 10.2. The lowest BCUT2D eigenvalue weighted by Gasteiger charge is -2.11. The number of nitrogens with zero attached hydrogens (tertiary/aromatic N) is 4. The van der Waals surface area contributed by atoms with E-state index in [0.717, 1.165) is 20.0 Å². The molecule has 0 amide bonds. The highest BCUT2D eigenvalue weighted by Gasteiger charge is 2.17. The number of nitrogens with two attached hydrogens (primary N) is 1. The highest BCUT2D eigenvalue weighted by atomic mass is 35.5. The molecule has 0 spiro atoms. The van der Waals surface area contributed by atoms with Crippen molar-refractivity contribution in [1.29, 1.82) is 0 Å². The van der Waals surface area contributed by atoms with Crippen LogP contribution in [0, 0.1) is 0 Å². The molecule has 0 aliphatic carbocycles. The molecule has 0 radical (unpaired) electrons. The molecule has 0 atom stereocenters. The molecular weight excluding hydrogens is 465 g/mol. The summed E-state index contributed by atoms with van der Waals surface area (Å²) in [6.07, 6.45) is 1.81. The molecule has 2 N–H and O–H groups in total. The van der Waals surface area contributed by atoms with Gasteiger partial charge in [0.05, 0.1) is 24.3 Å². The first-order valence-electron chi connectivity index (χ1n) is 8.98. The summed E-state index contributed by atoms with van der Waals surface area (Å²) in [4.78, 5) is 14.5. The number of hydrogen-bond acceptors (Lipinski definition) is 6. The lowest BCUT2D eigenvalue weighted by molar-refractivity contribution is 0.521. The van der Waals surface area contributed by atoms with Crippen molar-refractivity contribution in [2.24, 2.45) is 5.73 Å². The van der Waals surface area contributed by atoms with Crippen LogP contribution in [0.1, 0.15) is 4.88 Å². The summed E-state index contributed by atoms with van der Waals surface area (Å²) in [6.45, 7) is 0.351. The normalized spacial score (nSPS) is 12.2. The fraction of sp³-hybridized carbons (Fsp3) is 0.263. The first-order valence-corrected chi connectivity index (χ1v) is 11.2. The van der Waals surface area contributed by atoms with E-state index in [-0.39, 0.29) is 41.7 Å². The van der Waals surface area contributed by atoms with Gasteiger partial charge in [-0.3, -0.25) is 4.57 Å². The molecule has 0 unspecified atom stereocenters. The van der Waals surface area contributed by atoms with Crippen LogP contribution in [0.2, 0.25) is 0 Å². The first-order chi connectivity index (χ1) is 14.3. The number of rotatable bonds is 8. The second-order valence-corrected chi connectivity index (χ2v) is 10.1. The van der Waals surface area contributed by atoms with Crippen LogP contribution in [0.5, 0.6) is 0 Å². The van der Waals surface area contributed by atoms with Gasteiger partial charge < -0.3 is 5.73 Å². The van der Waals surface area contributed by atoms with Crippen LogP contribution in [-0.4, -0.2) is 47.7 Å². The molecule has 3 aromatic rings. The molecule has 2 aromatic heterocycles. The Hall–Kier alpha value is -2.31. The minimum absolute atomic E-state index is 0. The maximum atomic E-state index is 12.7. The van der Waals surface area contributed by atoms with Gasteiger partial charge in [0, 0.05) is 30.4 Å². The quantitative estimate of drug-likeness (QED) is 0.525. The van der Waals surface area contributed by atoms with Crippen LogP contribution < -0.4 is 11.4 Å². The van der Waals surface area contributed by atoms with E-state index in [2.05, 4.69) is 5.10 Å². The summed E-state index contributed by atoms with van der Waals surface area (Å²) >= 11 is 1.49. The van der Waals surface area contributed by atoms with E-state index in [4.69, 9.17) is 5.73 Å². The maximum absolute atomic E-state index is 12.7. The number of sulfonamides is 1. The molecule has 0 bridgehead atoms. The van der Waals surface area contributed by atoms with Crippen molar-refractivity contribution < 1.29 is 12.8 Å². The fourth-order valence-corrected chi connectivity index (χ4v) is 4.63. The molecule has 0 aliphatic rings. The summed E-state index contributed by atoms with van der Waals surface area (Å²) < 4.78 is 40.8. The van der Waals surface area contributed by atoms with Crippen molar-refractivity contribution in [3.05, 3.63) is 70.0 Å². The van der Waals surface area contributed by atoms with E-state index in [1.54, 1.807) is 24.3 Å². The zero-order valence-corrected chi connectivity index (χ0v) is 19.4. The number of aromatic nitrogens is 3. The molecule has 31 heavy (non-hydrogen) atoms. The molecule has 2 heterocycles. The minimum Gasteiger partial charge on any atom is -0.327 e. The number of hydrogen-bond donors (Lipinski definition) is 1. The number of thiophene rings is 1. The van der Waals surface area contributed by atoms with E-state index in [9.17, 15) is 17.6 Å². The third kappa shape index (κ3) is 5.49. The number of halogens is 2. The van der Waals surface area contributed by atoms with Crippen LogP contribution in [0.25, 0.3) is 10.4 Å². The van der Waals surface area contributed by atoms with E-state index in [1.165, 1.54) is 40.6 Å². The SMILES string of the molecule is CN(C)S(=O)(=O)c1ccc(-c2ccc(Cn3cnn(C/C(=C/F)CN)c3=O)s2)cc1.Cl. The smallest absolute Gasteiger partial charge is 0.327 e. The Labute approximate surface area is 189 Å². The summed E-state index contributed by atoms with van der Waals surface area (Å²) in [5, 5.41) is 4.01. The average Bonchev–Trinajstić information content (AvgIpc) is 3.34. The van der Waals surface area contributed by atoms with E-state index >= 15 is 0 Å². The van der Waals surface area contributed by atoms with E-state index < -0.39 is 10.0 Å². The predicted molar refractivity (Wildman–Crippen MR) is 122 cm³/mol. The van der Waals surface area contributed by atoms with Crippen LogP contribution in [0.4, 0.5) is 4.39 Å². The van der Waals surface area contributed by atoms with Crippen molar-refractivity contribution in [1.82, 2.24) is 18.7 Å². The van der Waals surface area contributed by atoms with E-state index in [0.29, 0.717) is 12.9 Å². The highest BCUT2D eigenvalue weighted by molar-refractivity contribution is 7.89. The van der Waals surface area contributed by atoms with Crippen molar-refractivity contribution in [2.75, 3.05) is 20.6 Å². The van der Waals surface area contributed by atoms with Gasteiger partial charge in [-0.05, 0) is 35.4 Å². The molecule has 12 heteroatoms. The first kappa shape index (κ1) is 25.0. The molecule has 1 aromatic carbocycles.